The topological polar surface area (TPSA) is 17.1 Å². The van der Waals surface area contributed by atoms with Crippen molar-refractivity contribution in [3.63, 3.8) is 0 Å². The second kappa shape index (κ2) is 6.10. The quantitative estimate of drug-likeness (QED) is 0.686. The fourth-order valence-electron chi connectivity index (χ4n) is 2.09. The number of hydrogen-bond donors (Lipinski definition) is 0. The number of halogens is 2. The van der Waals surface area contributed by atoms with Gasteiger partial charge in [-0.25, -0.2) is 4.39 Å². The molecule has 110 valence electrons. The van der Waals surface area contributed by atoms with Crippen LogP contribution in [0.2, 0.25) is 0 Å². The molecule has 2 aromatic carbocycles. The summed E-state index contributed by atoms with van der Waals surface area (Å²) in [5.74, 6) is -0.283. The Hall–Kier alpha value is -1.48. The third-order valence-corrected chi connectivity index (χ3v) is 4.03. The predicted molar refractivity (Wildman–Crippen MR) is 87.3 cm³/mol. The summed E-state index contributed by atoms with van der Waals surface area (Å²) in [5, 5.41) is 0. The summed E-state index contributed by atoms with van der Waals surface area (Å²) in [7, 11) is 0. The van der Waals surface area contributed by atoms with Gasteiger partial charge in [0.05, 0.1) is 4.47 Å². The van der Waals surface area contributed by atoms with E-state index in [2.05, 4.69) is 36.7 Å². The summed E-state index contributed by atoms with van der Waals surface area (Å²) in [5.41, 5.74) is 2.75. The van der Waals surface area contributed by atoms with Crippen LogP contribution in [0, 0.1) is 5.82 Å². The first-order valence-corrected chi connectivity index (χ1v) is 7.64. The fraction of sp³-hybridized carbons (Fsp3) is 0.278. The molecule has 0 aliphatic heterocycles. The Morgan fingerprint density at radius 2 is 1.71 bits per heavy atom. The highest BCUT2D eigenvalue weighted by atomic mass is 79.9. The molecule has 3 heteroatoms. The van der Waals surface area contributed by atoms with Gasteiger partial charge in [-0.1, -0.05) is 51.1 Å². The highest BCUT2D eigenvalue weighted by Crippen LogP contribution is 2.23. The average Bonchev–Trinajstić information content (AvgIpc) is 2.42. The van der Waals surface area contributed by atoms with Crippen LogP contribution < -0.4 is 0 Å². The van der Waals surface area contributed by atoms with Crippen molar-refractivity contribution in [2.75, 3.05) is 0 Å². The van der Waals surface area contributed by atoms with Crippen molar-refractivity contribution in [1.29, 1.82) is 0 Å². The molecule has 0 heterocycles. The van der Waals surface area contributed by atoms with E-state index < -0.39 is 0 Å². The number of ketones is 1. The molecule has 0 unspecified atom stereocenters. The maximum atomic E-state index is 13.2. The number of hydrogen-bond acceptors (Lipinski definition) is 1. The summed E-state index contributed by atoms with van der Waals surface area (Å²) in [6.07, 6.45) is 0.272. The molecule has 0 aromatic heterocycles. The zero-order chi connectivity index (χ0) is 15.6. The Labute approximate surface area is 133 Å². The van der Waals surface area contributed by atoms with Crippen LogP contribution in [0.3, 0.4) is 0 Å². The predicted octanol–water partition coefficient (Wildman–Crippen LogP) is 5.31. The molecule has 0 amide bonds. The lowest BCUT2D eigenvalue weighted by Crippen LogP contribution is -2.11. The Bertz CT molecular complexity index is 654. The molecule has 0 N–H and O–H groups in total. The van der Waals surface area contributed by atoms with E-state index in [4.69, 9.17) is 0 Å². The number of Topliss-reactive ketones (excluding diaryl/α,β-unsaturated/α-hetero) is 1. The van der Waals surface area contributed by atoms with E-state index >= 15 is 0 Å². The van der Waals surface area contributed by atoms with Crippen molar-refractivity contribution in [2.45, 2.75) is 32.6 Å². The van der Waals surface area contributed by atoms with Crippen LogP contribution >= 0.6 is 15.9 Å². The average molecular weight is 349 g/mol. The van der Waals surface area contributed by atoms with E-state index in [0.29, 0.717) is 10.0 Å². The summed E-state index contributed by atoms with van der Waals surface area (Å²) in [4.78, 5) is 12.3. The minimum Gasteiger partial charge on any atom is -0.294 e. The van der Waals surface area contributed by atoms with Crippen LogP contribution in [-0.4, -0.2) is 5.78 Å². The molecule has 1 nitrogen and oxygen atoms in total. The molecule has 2 rings (SSSR count). The molecule has 0 saturated carbocycles. The first-order valence-electron chi connectivity index (χ1n) is 6.85. The van der Waals surface area contributed by atoms with Crippen molar-refractivity contribution in [1.82, 2.24) is 0 Å². The normalized spacial score (nSPS) is 11.5. The Morgan fingerprint density at radius 1 is 1.10 bits per heavy atom. The van der Waals surface area contributed by atoms with Gasteiger partial charge in [-0.15, -0.1) is 0 Å². The van der Waals surface area contributed by atoms with Crippen molar-refractivity contribution >= 4 is 21.7 Å². The molecular formula is C18H18BrFO. The highest BCUT2D eigenvalue weighted by molar-refractivity contribution is 9.10. The smallest absolute Gasteiger partial charge is 0.167 e. The van der Waals surface area contributed by atoms with Crippen LogP contribution in [0.4, 0.5) is 4.39 Å². The van der Waals surface area contributed by atoms with Gasteiger partial charge in [-0.3, -0.25) is 4.79 Å². The van der Waals surface area contributed by atoms with Gasteiger partial charge in [0.2, 0.25) is 0 Å². The zero-order valence-corrected chi connectivity index (χ0v) is 14.0. The largest absolute Gasteiger partial charge is 0.294 e. The van der Waals surface area contributed by atoms with Crippen LogP contribution in [0.1, 0.15) is 42.3 Å². The highest BCUT2D eigenvalue weighted by Gasteiger charge is 2.14. The lowest BCUT2D eigenvalue weighted by atomic mass is 9.86. The Balaban J connectivity index is 2.15. The number of carbonyl (C=O) groups excluding carboxylic acids is 1. The molecule has 0 fully saturated rings. The van der Waals surface area contributed by atoms with E-state index in [0.717, 1.165) is 5.56 Å². The van der Waals surface area contributed by atoms with Gasteiger partial charge in [0.25, 0.3) is 0 Å². The molecule has 0 atom stereocenters. The van der Waals surface area contributed by atoms with E-state index in [1.807, 2.05) is 24.3 Å². The van der Waals surface area contributed by atoms with E-state index in [1.165, 1.54) is 11.6 Å². The Kier molecular flexibility index (Phi) is 4.62. The van der Waals surface area contributed by atoms with Crippen LogP contribution in [0.25, 0.3) is 0 Å². The van der Waals surface area contributed by atoms with E-state index in [9.17, 15) is 9.18 Å². The molecular weight excluding hydrogens is 331 g/mol. The molecule has 21 heavy (non-hydrogen) atoms. The maximum Gasteiger partial charge on any atom is 0.167 e. The van der Waals surface area contributed by atoms with Gasteiger partial charge in [0, 0.05) is 12.0 Å². The Morgan fingerprint density at radius 3 is 2.24 bits per heavy atom. The van der Waals surface area contributed by atoms with Crippen molar-refractivity contribution in [2.24, 2.45) is 0 Å². The summed E-state index contributed by atoms with van der Waals surface area (Å²) in [6.45, 7) is 6.42. The first kappa shape index (κ1) is 15.9. The van der Waals surface area contributed by atoms with Gasteiger partial charge in [0.1, 0.15) is 5.82 Å². The van der Waals surface area contributed by atoms with E-state index in [1.54, 1.807) is 12.1 Å². The summed E-state index contributed by atoms with van der Waals surface area (Å²) in [6, 6.07) is 12.4. The van der Waals surface area contributed by atoms with Crippen molar-refractivity contribution in [3.05, 3.63) is 69.4 Å². The van der Waals surface area contributed by atoms with Crippen molar-refractivity contribution in [3.8, 4) is 0 Å². The molecule has 0 aliphatic rings. The van der Waals surface area contributed by atoms with Gasteiger partial charge < -0.3 is 0 Å². The van der Waals surface area contributed by atoms with Gasteiger partial charge in [-0.05, 0) is 44.6 Å². The molecule has 0 radical (unpaired) electrons. The summed E-state index contributed by atoms with van der Waals surface area (Å²) < 4.78 is 13.6. The first-order chi connectivity index (χ1) is 9.77. The molecule has 2 aromatic rings. The van der Waals surface area contributed by atoms with Crippen LogP contribution in [0.15, 0.2) is 46.9 Å². The number of benzene rings is 2. The fourth-order valence-corrected chi connectivity index (χ4v) is 2.52. The number of carbonyl (C=O) groups is 1. The summed E-state index contributed by atoms with van der Waals surface area (Å²) >= 11 is 3.14. The SMILES string of the molecule is CC(C)(C)c1ccc(C(=O)Cc2ccc(F)c(Br)c2)cc1. The lowest BCUT2D eigenvalue weighted by molar-refractivity contribution is 0.0993. The van der Waals surface area contributed by atoms with Crippen LogP contribution in [-0.2, 0) is 11.8 Å². The van der Waals surface area contributed by atoms with Gasteiger partial charge >= 0.3 is 0 Å². The standard InChI is InChI=1S/C18H18BrFO/c1-18(2,3)14-7-5-13(6-8-14)17(21)11-12-4-9-16(20)15(19)10-12/h4-10H,11H2,1-3H3. The maximum absolute atomic E-state index is 13.2. The molecule has 0 spiro atoms. The molecule has 0 bridgehead atoms. The minimum absolute atomic E-state index is 0.0361. The van der Waals surface area contributed by atoms with Gasteiger partial charge in [-0.2, -0.15) is 0 Å². The third kappa shape index (κ3) is 4.01. The lowest BCUT2D eigenvalue weighted by Gasteiger charge is -2.19. The minimum atomic E-state index is -0.319. The second-order valence-electron chi connectivity index (χ2n) is 6.18. The zero-order valence-electron chi connectivity index (χ0n) is 12.4. The van der Waals surface area contributed by atoms with E-state index in [-0.39, 0.29) is 23.4 Å². The van der Waals surface area contributed by atoms with Gasteiger partial charge in [0.15, 0.2) is 5.78 Å². The second-order valence-corrected chi connectivity index (χ2v) is 7.03. The third-order valence-electron chi connectivity index (χ3n) is 3.42. The molecule has 0 aliphatic carbocycles. The number of rotatable bonds is 3. The molecule has 0 saturated heterocycles. The van der Waals surface area contributed by atoms with Crippen LogP contribution in [0.5, 0.6) is 0 Å². The van der Waals surface area contributed by atoms with Crippen molar-refractivity contribution < 1.29 is 9.18 Å². The monoisotopic (exact) mass is 348 g/mol.